The minimum atomic E-state index is -0.612. The molecule has 31 heavy (non-hydrogen) atoms. The van der Waals surface area contributed by atoms with E-state index in [2.05, 4.69) is 6.92 Å². The van der Waals surface area contributed by atoms with Gasteiger partial charge in [-0.05, 0) is 19.3 Å². The minimum Gasteiger partial charge on any atom is -0.457 e. The average molecular weight is 441 g/mol. The van der Waals surface area contributed by atoms with Crippen LogP contribution in [0.4, 0.5) is 0 Å². The number of esters is 1. The van der Waals surface area contributed by atoms with Crippen LogP contribution in [0.15, 0.2) is 0 Å². The number of aliphatic hydroxyl groups is 1. The number of carbonyl (C=O) groups excluding carboxylic acids is 1. The van der Waals surface area contributed by atoms with Gasteiger partial charge in [0.05, 0.1) is 37.6 Å². The highest BCUT2D eigenvalue weighted by Gasteiger charge is 2.49. The van der Waals surface area contributed by atoms with Gasteiger partial charge in [0.25, 0.3) is 0 Å². The highest BCUT2D eigenvalue weighted by molar-refractivity contribution is 5.69. The molecule has 4 heterocycles. The molecule has 0 aromatic rings. The maximum absolute atomic E-state index is 12.1. The number of aliphatic hydroxyl groups excluding tert-OH is 1. The van der Waals surface area contributed by atoms with E-state index in [1.165, 1.54) is 38.5 Å². The molecule has 4 aliphatic heterocycles. The fourth-order valence-corrected chi connectivity index (χ4v) is 5.02. The zero-order valence-electron chi connectivity index (χ0n) is 18.9. The van der Waals surface area contributed by atoms with Crippen LogP contribution < -0.4 is 0 Å². The van der Waals surface area contributed by atoms with Crippen LogP contribution in [0.2, 0.25) is 0 Å². The van der Waals surface area contributed by atoms with Crippen molar-refractivity contribution in [2.24, 2.45) is 0 Å². The Hall–Kier alpha value is -0.730. The van der Waals surface area contributed by atoms with Gasteiger partial charge in [-0.1, -0.05) is 51.9 Å². The zero-order chi connectivity index (χ0) is 21.6. The van der Waals surface area contributed by atoms with Crippen molar-refractivity contribution < 1.29 is 33.6 Å². The third-order valence-electron chi connectivity index (χ3n) is 7.07. The smallest absolute Gasteiger partial charge is 0.306 e. The highest BCUT2D eigenvalue weighted by atomic mass is 16.6. The summed E-state index contributed by atoms with van der Waals surface area (Å²) in [6.45, 7) is 2.81. The molecule has 4 aliphatic rings. The van der Waals surface area contributed by atoms with Crippen molar-refractivity contribution in [3.63, 3.8) is 0 Å². The number of hydrogen-bond donors (Lipinski definition) is 1. The minimum absolute atomic E-state index is 0.191. The Morgan fingerprint density at radius 1 is 0.839 bits per heavy atom. The first-order valence-corrected chi connectivity index (χ1v) is 12.6. The zero-order valence-corrected chi connectivity index (χ0v) is 18.9. The maximum Gasteiger partial charge on any atom is 0.306 e. The van der Waals surface area contributed by atoms with Crippen molar-refractivity contribution >= 4 is 5.97 Å². The number of carbonyl (C=O) groups is 1. The monoisotopic (exact) mass is 440 g/mol. The van der Waals surface area contributed by atoms with Gasteiger partial charge in [-0.2, -0.15) is 0 Å². The summed E-state index contributed by atoms with van der Waals surface area (Å²) in [7, 11) is 0. The van der Waals surface area contributed by atoms with E-state index in [0.717, 1.165) is 32.1 Å². The van der Waals surface area contributed by atoms with E-state index in [1.54, 1.807) is 0 Å². The number of ether oxygens (including phenoxy) is 5. The lowest BCUT2D eigenvalue weighted by molar-refractivity contribution is -0.153. The summed E-state index contributed by atoms with van der Waals surface area (Å²) >= 11 is 0. The van der Waals surface area contributed by atoms with E-state index >= 15 is 0 Å². The molecule has 7 heteroatoms. The van der Waals surface area contributed by atoms with E-state index in [0.29, 0.717) is 37.4 Å². The van der Waals surface area contributed by atoms with Crippen molar-refractivity contribution in [3.8, 4) is 0 Å². The van der Waals surface area contributed by atoms with Crippen LogP contribution in [0.1, 0.15) is 84.0 Å². The molecule has 0 bridgehead atoms. The summed E-state index contributed by atoms with van der Waals surface area (Å²) in [5, 5.41) is 9.73. The Bertz CT molecular complexity index is 570. The average Bonchev–Trinajstić information content (AvgIpc) is 3.59. The van der Waals surface area contributed by atoms with Gasteiger partial charge in [0.15, 0.2) is 6.10 Å². The summed E-state index contributed by atoms with van der Waals surface area (Å²) in [5.74, 6) is -0.191. The number of epoxide rings is 2. The van der Waals surface area contributed by atoms with Crippen LogP contribution in [-0.2, 0) is 28.5 Å². The summed E-state index contributed by atoms with van der Waals surface area (Å²) in [4.78, 5) is 12.1. The molecule has 0 aromatic carbocycles. The molecule has 0 amide bonds. The van der Waals surface area contributed by atoms with Gasteiger partial charge in [0.1, 0.15) is 18.3 Å². The van der Waals surface area contributed by atoms with Crippen LogP contribution >= 0.6 is 0 Å². The molecule has 4 rings (SSSR count). The molecule has 178 valence electrons. The number of unbranched alkanes of at least 4 members (excludes halogenated alkanes) is 6. The molecule has 0 aromatic heterocycles. The highest BCUT2D eigenvalue weighted by Crippen LogP contribution is 2.39. The van der Waals surface area contributed by atoms with Gasteiger partial charge < -0.3 is 28.8 Å². The first-order chi connectivity index (χ1) is 15.2. The van der Waals surface area contributed by atoms with E-state index in [9.17, 15) is 9.90 Å². The van der Waals surface area contributed by atoms with Crippen LogP contribution in [0.5, 0.6) is 0 Å². The normalized spacial score (nSPS) is 38.3. The fourth-order valence-electron chi connectivity index (χ4n) is 5.02. The predicted octanol–water partition coefficient (Wildman–Crippen LogP) is 3.29. The lowest BCUT2D eigenvalue weighted by Crippen LogP contribution is -2.34. The summed E-state index contributed by atoms with van der Waals surface area (Å²) in [6, 6.07) is 0. The third-order valence-corrected chi connectivity index (χ3v) is 7.07. The number of fused-ring (bicyclic) bond motifs is 1. The quantitative estimate of drug-likeness (QED) is 0.237. The standard InChI is InChI=1S/C24H40O7/c1-2-3-7-10-17-19(29-17)13-20-18(30-20)11-8-5-4-6-9-12-22(26)31-21-15-28-23-16(25)14-27-24(21)23/h16-21,23-25H,2-15H2,1H3. The van der Waals surface area contributed by atoms with Gasteiger partial charge in [-0.3, -0.25) is 4.79 Å². The van der Waals surface area contributed by atoms with Crippen molar-refractivity contribution in [1.29, 1.82) is 0 Å². The SMILES string of the molecule is CCCCCC1OC1CC1OC1CCCCCCCC(=O)OC1COC2C(O)COC12. The topological polar surface area (TPSA) is 90.1 Å². The van der Waals surface area contributed by atoms with Crippen LogP contribution in [0.3, 0.4) is 0 Å². The van der Waals surface area contributed by atoms with Crippen LogP contribution in [-0.4, -0.2) is 73.1 Å². The fraction of sp³-hybridized carbons (Fsp3) is 0.958. The predicted molar refractivity (Wildman–Crippen MR) is 114 cm³/mol. The molecule has 7 nitrogen and oxygen atoms in total. The van der Waals surface area contributed by atoms with Gasteiger partial charge in [0.2, 0.25) is 0 Å². The van der Waals surface area contributed by atoms with E-state index < -0.39 is 6.10 Å². The molecule has 0 spiro atoms. The van der Waals surface area contributed by atoms with Gasteiger partial charge in [0, 0.05) is 12.8 Å². The Labute approximate surface area is 186 Å². The Morgan fingerprint density at radius 3 is 2.23 bits per heavy atom. The Morgan fingerprint density at radius 2 is 1.48 bits per heavy atom. The Kier molecular flexibility index (Phi) is 8.63. The first-order valence-electron chi connectivity index (χ1n) is 12.6. The molecule has 4 fully saturated rings. The molecule has 0 radical (unpaired) electrons. The lowest BCUT2D eigenvalue weighted by Gasteiger charge is -2.16. The molecule has 8 unspecified atom stereocenters. The second-order valence-electron chi connectivity index (χ2n) is 9.66. The Balaban J connectivity index is 0.945. The number of hydrogen-bond acceptors (Lipinski definition) is 7. The molecule has 0 aliphatic carbocycles. The van der Waals surface area contributed by atoms with Gasteiger partial charge >= 0.3 is 5.97 Å². The second-order valence-corrected chi connectivity index (χ2v) is 9.66. The summed E-state index contributed by atoms with van der Waals surface area (Å²) < 4.78 is 28.1. The molecular formula is C24H40O7. The van der Waals surface area contributed by atoms with Gasteiger partial charge in [-0.25, -0.2) is 0 Å². The second kappa shape index (κ2) is 11.4. The van der Waals surface area contributed by atoms with Crippen molar-refractivity contribution in [3.05, 3.63) is 0 Å². The van der Waals surface area contributed by atoms with E-state index in [4.69, 9.17) is 23.7 Å². The van der Waals surface area contributed by atoms with E-state index in [1.807, 2.05) is 0 Å². The van der Waals surface area contributed by atoms with Crippen LogP contribution in [0, 0.1) is 0 Å². The van der Waals surface area contributed by atoms with Crippen molar-refractivity contribution in [2.45, 2.75) is 133 Å². The summed E-state index contributed by atoms with van der Waals surface area (Å²) in [5.41, 5.74) is 0. The molecule has 0 saturated carbocycles. The van der Waals surface area contributed by atoms with E-state index in [-0.39, 0.29) is 30.9 Å². The maximum atomic E-state index is 12.1. The molecule has 1 N–H and O–H groups in total. The first kappa shape index (κ1) is 23.4. The number of rotatable bonds is 15. The molecular weight excluding hydrogens is 400 g/mol. The third kappa shape index (κ3) is 6.87. The molecule has 8 atom stereocenters. The van der Waals surface area contributed by atoms with Crippen LogP contribution in [0.25, 0.3) is 0 Å². The lowest BCUT2D eigenvalue weighted by atomic mass is 10.0. The summed E-state index contributed by atoms with van der Waals surface area (Å²) in [6.07, 6.45) is 13.4. The molecule has 4 saturated heterocycles. The van der Waals surface area contributed by atoms with Crippen molar-refractivity contribution in [2.75, 3.05) is 13.2 Å². The van der Waals surface area contributed by atoms with Crippen molar-refractivity contribution in [1.82, 2.24) is 0 Å². The van der Waals surface area contributed by atoms with Gasteiger partial charge in [-0.15, -0.1) is 0 Å². The largest absolute Gasteiger partial charge is 0.457 e.